The Balaban J connectivity index is 1.62. The third-order valence-corrected chi connectivity index (χ3v) is 4.08. The first-order valence-corrected chi connectivity index (χ1v) is 7.88. The van der Waals surface area contributed by atoms with Gasteiger partial charge in [-0.1, -0.05) is 11.6 Å². The van der Waals surface area contributed by atoms with Crippen LogP contribution in [0.4, 0.5) is 0 Å². The summed E-state index contributed by atoms with van der Waals surface area (Å²) in [5, 5.41) is 3.62. The van der Waals surface area contributed by atoms with Crippen LogP contribution >= 0.6 is 0 Å². The first kappa shape index (κ1) is 15.2. The summed E-state index contributed by atoms with van der Waals surface area (Å²) in [6.45, 7) is 2.17. The molecule has 25 heavy (non-hydrogen) atoms. The minimum absolute atomic E-state index is 0.100. The molecular formula is C18H16N4O3. The first-order chi connectivity index (χ1) is 12.1. The third-order valence-electron chi connectivity index (χ3n) is 4.08. The Morgan fingerprint density at radius 2 is 2.24 bits per heavy atom. The molecule has 2 N–H and O–H groups in total. The normalized spacial score (nSPS) is 11.2. The number of carbonyl (C=O) groups is 1. The van der Waals surface area contributed by atoms with E-state index < -0.39 is 0 Å². The number of aryl methyl sites for hydroxylation is 1. The zero-order valence-corrected chi connectivity index (χ0v) is 13.6. The number of nitrogens with zero attached hydrogens (tertiary/aromatic N) is 2. The average molecular weight is 336 g/mol. The molecule has 126 valence electrons. The van der Waals surface area contributed by atoms with Gasteiger partial charge in [0.05, 0.1) is 19.1 Å². The van der Waals surface area contributed by atoms with Crippen molar-refractivity contribution in [3.63, 3.8) is 0 Å². The number of carbonyl (C=O) groups excluding carboxylic acids is 1. The first-order valence-electron chi connectivity index (χ1n) is 7.88. The Morgan fingerprint density at radius 1 is 1.36 bits per heavy atom. The van der Waals surface area contributed by atoms with Crippen molar-refractivity contribution in [2.45, 2.75) is 20.0 Å². The standard InChI is InChI=1S/C18H16N4O3/c1-11-4-5-14-13(7-11)16-17(21-14)18(24)22(10-20-16)9-15(23)19-8-12-3-2-6-25-12/h2-7,10,21H,8-9H2,1H3,(H,19,23). The van der Waals surface area contributed by atoms with E-state index in [2.05, 4.69) is 15.3 Å². The topological polar surface area (TPSA) is 92.9 Å². The molecule has 0 spiro atoms. The molecule has 3 heterocycles. The van der Waals surface area contributed by atoms with Gasteiger partial charge in [-0.2, -0.15) is 0 Å². The third kappa shape index (κ3) is 2.80. The minimum Gasteiger partial charge on any atom is -0.467 e. The molecule has 0 aliphatic rings. The van der Waals surface area contributed by atoms with Gasteiger partial charge in [-0.3, -0.25) is 14.2 Å². The number of benzene rings is 1. The molecule has 0 unspecified atom stereocenters. The summed E-state index contributed by atoms with van der Waals surface area (Å²) in [5.74, 6) is 0.367. The summed E-state index contributed by atoms with van der Waals surface area (Å²) in [6.07, 6.45) is 2.95. The van der Waals surface area contributed by atoms with Crippen molar-refractivity contribution in [2.75, 3.05) is 0 Å². The van der Waals surface area contributed by atoms with E-state index >= 15 is 0 Å². The van der Waals surface area contributed by atoms with Gasteiger partial charge in [-0.05, 0) is 31.2 Å². The molecule has 7 heteroatoms. The van der Waals surface area contributed by atoms with Crippen LogP contribution in [0.2, 0.25) is 0 Å². The van der Waals surface area contributed by atoms with E-state index in [0.29, 0.717) is 16.8 Å². The van der Waals surface area contributed by atoms with E-state index in [-0.39, 0.29) is 24.6 Å². The van der Waals surface area contributed by atoms with Crippen molar-refractivity contribution in [1.82, 2.24) is 19.9 Å². The molecule has 0 saturated heterocycles. The molecular weight excluding hydrogens is 320 g/mol. The Labute approximate surface area is 142 Å². The molecule has 0 fully saturated rings. The highest BCUT2D eigenvalue weighted by molar-refractivity contribution is 6.04. The van der Waals surface area contributed by atoms with E-state index in [0.717, 1.165) is 16.5 Å². The quantitative estimate of drug-likeness (QED) is 0.597. The number of hydrogen-bond donors (Lipinski definition) is 2. The molecule has 1 aromatic carbocycles. The van der Waals surface area contributed by atoms with Crippen molar-refractivity contribution in [3.05, 3.63) is 64.6 Å². The summed E-state index contributed by atoms with van der Waals surface area (Å²) in [5.41, 5.74) is 2.70. The average Bonchev–Trinajstić information content (AvgIpc) is 3.23. The molecule has 1 amide bonds. The van der Waals surface area contributed by atoms with Gasteiger partial charge in [0.25, 0.3) is 5.56 Å². The van der Waals surface area contributed by atoms with Crippen molar-refractivity contribution in [2.24, 2.45) is 0 Å². The maximum absolute atomic E-state index is 12.6. The van der Waals surface area contributed by atoms with Crippen molar-refractivity contribution in [1.29, 1.82) is 0 Å². The highest BCUT2D eigenvalue weighted by Gasteiger charge is 2.13. The smallest absolute Gasteiger partial charge is 0.278 e. The van der Waals surface area contributed by atoms with E-state index in [1.165, 1.54) is 10.9 Å². The minimum atomic E-state index is -0.286. The summed E-state index contributed by atoms with van der Waals surface area (Å²) in [6, 6.07) is 9.40. The van der Waals surface area contributed by atoms with Gasteiger partial charge in [0.2, 0.25) is 5.91 Å². The van der Waals surface area contributed by atoms with Gasteiger partial charge in [0, 0.05) is 10.9 Å². The van der Waals surface area contributed by atoms with Gasteiger partial charge in [-0.25, -0.2) is 4.98 Å². The Kier molecular flexibility index (Phi) is 3.61. The van der Waals surface area contributed by atoms with Gasteiger partial charge in [-0.15, -0.1) is 0 Å². The van der Waals surface area contributed by atoms with E-state index in [9.17, 15) is 9.59 Å². The maximum atomic E-state index is 12.6. The van der Waals surface area contributed by atoms with E-state index in [4.69, 9.17) is 4.42 Å². The van der Waals surface area contributed by atoms with Crippen LogP contribution in [0.25, 0.3) is 21.9 Å². The lowest BCUT2D eigenvalue weighted by atomic mass is 10.2. The Bertz CT molecular complexity index is 1120. The number of aromatic nitrogens is 3. The fourth-order valence-corrected chi connectivity index (χ4v) is 2.83. The summed E-state index contributed by atoms with van der Waals surface area (Å²) in [4.78, 5) is 32.2. The number of fused-ring (bicyclic) bond motifs is 3. The van der Waals surface area contributed by atoms with Crippen LogP contribution in [-0.4, -0.2) is 20.4 Å². The molecule has 4 aromatic rings. The van der Waals surface area contributed by atoms with Gasteiger partial charge >= 0.3 is 0 Å². The second kappa shape index (κ2) is 5.94. The largest absolute Gasteiger partial charge is 0.467 e. The molecule has 0 bridgehead atoms. The van der Waals surface area contributed by atoms with Gasteiger partial charge in [0.15, 0.2) is 0 Å². The van der Waals surface area contributed by atoms with E-state index in [1.54, 1.807) is 18.4 Å². The fourth-order valence-electron chi connectivity index (χ4n) is 2.83. The highest BCUT2D eigenvalue weighted by atomic mass is 16.3. The van der Waals surface area contributed by atoms with Crippen LogP contribution in [0.15, 0.2) is 52.1 Å². The Morgan fingerprint density at radius 3 is 3.04 bits per heavy atom. The summed E-state index contributed by atoms with van der Waals surface area (Å²) < 4.78 is 6.45. The zero-order valence-electron chi connectivity index (χ0n) is 13.6. The predicted octanol–water partition coefficient (Wildman–Crippen LogP) is 2.10. The fraction of sp³-hybridized carbons (Fsp3) is 0.167. The van der Waals surface area contributed by atoms with E-state index in [1.807, 2.05) is 25.1 Å². The van der Waals surface area contributed by atoms with Gasteiger partial charge in [0.1, 0.15) is 23.3 Å². The number of hydrogen-bond acceptors (Lipinski definition) is 4. The van der Waals surface area contributed by atoms with Crippen LogP contribution in [0, 0.1) is 6.92 Å². The summed E-state index contributed by atoms with van der Waals surface area (Å²) in [7, 11) is 0. The van der Waals surface area contributed by atoms with Crippen LogP contribution in [-0.2, 0) is 17.9 Å². The molecule has 7 nitrogen and oxygen atoms in total. The van der Waals surface area contributed by atoms with Crippen LogP contribution in [0.5, 0.6) is 0 Å². The molecule has 0 radical (unpaired) electrons. The number of amides is 1. The molecule has 0 aliphatic heterocycles. The zero-order chi connectivity index (χ0) is 17.4. The molecule has 3 aromatic heterocycles. The number of aromatic amines is 1. The molecule has 0 atom stereocenters. The van der Waals surface area contributed by atoms with Crippen molar-refractivity contribution in [3.8, 4) is 0 Å². The number of rotatable bonds is 4. The number of nitrogens with one attached hydrogen (secondary N) is 2. The van der Waals surface area contributed by atoms with Crippen LogP contribution < -0.4 is 10.9 Å². The number of H-pyrrole nitrogens is 1. The monoisotopic (exact) mass is 336 g/mol. The molecule has 4 rings (SSSR count). The highest BCUT2D eigenvalue weighted by Crippen LogP contribution is 2.22. The molecule has 0 aliphatic carbocycles. The lowest BCUT2D eigenvalue weighted by Crippen LogP contribution is -2.32. The van der Waals surface area contributed by atoms with Crippen molar-refractivity contribution < 1.29 is 9.21 Å². The second-order valence-electron chi connectivity index (χ2n) is 5.93. The van der Waals surface area contributed by atoms with Gasteiger partial charge < -0.3 is 14.7 Å². The Hall–Kier alpha value is -3.35. The predicted molar refractivity (Wildman–Crippen MR) is 93.2 cm³/mol. The summed E-state index contributed by atoms with van der Waals surface area (Å²) >= 11 is 0. The number of furan rings is 1. The molecule has 0 saturated carbocycles. The lowest BCUT2D eigenvalue weighted by Gasteiger charge is -2.06. The van der Waals surface area contributed by atoms with Crippen LogP contribution in [0.1, 0.15) is 11.3 Å². The second-order valence-corrected chi connectivity index (χ2v) is 5.93. The lowest BCUT2D eigenvalue weighted by molar-refractivity contribution is -0.122. The van der Waals surface area contributed by atoms with Crippen molar-refractivity contribution >= 4 is 27.8 Å². The maximum Gasteiger partial charge on any atom is 0.278 e. The van der Waals surface area contributed by atoms with Crippen LogP contribution in [0.3, 0.4) is 0 Å². The SMILES string of the molecule is Cc1ccc2[nH]c3c(=O)n(CC(=O)NCc4ccco4)cnc3c2c1.